The van der Waals surface area contributed by atoms with Crippen LogP contribution >= 0.6 is 0 Å². The largest absolute Gasteiger partial charge is 0.0654 e. The SMILES string of the molecule is CCCC1CC1CCC(C)C(C)CC. The summed E-state index contributed by atoms with van der Waals surface area (Å²) in [7, 11) is 0. The van der Waals surface area contributed by atoms with E-state index in [1.165, 1.54) is 32.1 Å². The highest BCUT2D eigenvalue weighted by Gasteiger charge is 2.35. The van der Waals surface area contributed by atoms with E-state index < -0.39 is 0 Å². The standard InChI is InChI=1S/C14H28/c1-5-7-13-10-14(13)9-8-12(4)11(3)6-2/h11-14H,5-10H2,1-4H3. The molecule has 0 aromatic carbocycles. The Morgan fingerprint density at radius 3 is 2.21 bits per heavy atom. The normalized spacial score (nSPS) is 30.0. The molecule has 14 heavy (non-hydrogen) atoms. The second kappa shape index (κ2) is 5.78. The molecule has 0 nitrogen and oxygen atoms in total. The van der Waals surface area contributed by atoms with Crippen molar-refractivity contribution in [3.05, 3.63) is 0 Å². The van der Waals surface area contributed by atoms with Crippen LogP contribution < -0.4 is 0 Å². The number of rotatable bonds is 7. The van der Waals surface area contributed by atoms with Crippen molar-refractivity contribution < 1.29 is 0 Å². The van der Waals surface area contributed by atoms with Crippen molar-refractivity contribution in [2.45, 2.75) is 66.2 Å². The zero-order valence-electron chi connectivity index (χ0n) is 10.6. The average Bonchev–Trinajstić information content (AvgIpc) is 2.92. The Labute approximate surface area is 90.5 Å². The van der Waals surface area contributed by atoms with Gasteiger partial charge in [-0.05, 0) is 36.5 Å². The average molecular weight is 196 g/mol. The van der Waals surface area contributed by atoms with Gasteiger partial charge in [0.1, 0.15) is 0 Å². The van der Waals surface area contributed by atoms with Gasteiger partial charge in [-0.2, -0.15) is 0 Å². The summed E-state index contributed by atoms with van der Waals surface area (Å²) < 4.78 is 0. The third-order valence-corrected chi connectivity index (χ3v) is 4.34. The van der Waals surface area contributed by atoms with Gasteiger partial charge in [0.05, 0.1) is 0 Å². The fraction of sp³-hybridized carbons (Fsp3) is 1.00. The van der Waals surface area contributed by atoms with Gasteiger partial charge in [-0.25, -0.2) is 0 Å². The predicted molar refractivity (Wildman–Crippen MR) is 64.4 cm³/mol. The Balaban J connectivity index is 2.04. The van der Waals surface area contributed by atoms with E-state index in [9.17, 15) is 0 Å². The molecule has 0 aromatic heterocycles. The highest BCUT2D eigenvalue weighted by molar-refractivity contribution is 4.86. The van der Waals surface area contributed by atoms with Gasteiger partial charge in [-0.1, -0.05) is 53.4 Å². The minimum absolute atomic E-state index is 0.929. The molecule has 4 unspecified atom stereocenters. The fourth-order valence-corrected chi connectivity index (χ4v) is 2.55. The monoisotopic (exact) mass is 196 g/mol. The van der Waals surface area contributed by atoms with E-state index in [0.717, 1.165) is 23.7 Å². The second-order valence-corrected chi connectivity index (χ2v) is 5.48. The molecule has 1 fully saturated rings. The lowest BCUT2D eigenvalue weighted by molar-refractivity contribution is 0.337. The van der Waals surface area contributed by atoms with Crippen LogP contribution in [-0.2, 0) is 0 Å². The quantitative estimate of drug-likeness (QED) is 0.544. The summed E-state index contributed by atoms with van der Waals surface area (Å²) in [5, 5.41) is 0. The molecule has 84 valence electrons. The molecule has 0 saturated heterocycles. The van der Waals surface area contributed by atoms with Gasteiger partial charge < -0.3 is 0 Å². The maximum Gasteiger partial charge on any atom is -0.0383 e. The molecular formula is C14H28. The summed E-state index contributed by atoms with van der Waals surface area (Å²) in [6.45, 7) is 9.47. The van der Waals surface area contributed by atoms with Crippen LogP contribution in [0, 0.1) is 23.7 Å². The molecule has 1 rings (SSSR count). The van der Waals surface area contributed by atoms with Crippen molar-refractivity contribution in [3.8, 4) is 0 Å². The first-order valence-corrected chi connectivity index (χ1v) is 6.69. The van der Waals surface area contributed by atoms with Crippen molar-refractivity contribution in [1.29, 1.82) is 0 Å². The van der Waals surface area contributed by atoms with Crippen LogP contribution in [0.4, 0.5) is 0 Å². The Hall–Kier alpha value is 0. The van der Waals surface area contributed by atoms with E-state index in [2.05, 4.69) is 27.7 Å². The Kier molecular flexibility index (Phi) is 4.98. The molecule has 0 amide bonds. The summed E-state index contributed by atoms with van der Waals surface area (Å²) in [6.07, 6.45) is 8.76. The maximum absolute atomic E-state index is 2.44. The highest BCUT2D eigenvalue weighted by atomic mass is 14.4. The van der Waals surface area contributed by atoms with Crippen LogP contribution in [0.5, 0.6) is 0 Å². The van der Waals surface area contributed by atoms with Gasteiger partial charge in [0, 0.05) is 0 Å². The molecule has 0 bridgehead atoms. The fourth-order valence-electron chi connectivity index (χ4n) is 2.55. The van der Waals surface area contributed by atoms with Crippen molar-refractivity contribution in [2.75, 3.05) is 0 Å². The van der Waals surface area contributed by atoms with Gasteiger partial charge in [-0.3, -0.25) is 0 Å². The molecule has 0 spiro atoms. The number of hydrogen-bond donors (Lipinski definition) is 0. The molecular weight excluding hydrogens is 168 g/mol. The molecule has 0 N–H and O–H groups in total. The zero-order valence-corrected chi connectivity index (χ0v) is 10.6. The molecule has 0 aliphatic heterocycles. The lowest BCUT2D eigenvalue weighted by Gasteiger charge is -2.17. The molecule has 0 heterocycles. The third kappa shape index (κ3) is 3.63. The van der Waals surface area contributed by atoms with Gasteiger partial charge in [0.2, 0.25) is 0 Å². The Morgan fingerprint density at radius 2 is 1.64 bits per heavy atom. The van der Waals surface area contributed by atoms with E-state index in [1.54, 1.807) is 6.42 Å². The summed E-state index contributed by atoms with van der Waals surface area (Å²) >= 11 is 0. The first-order valence-electron chi connectivity index (χ1n) is 6.69. The van der Waals surface area contributed by atoms with Crippen LogP contribution in [0.25, 0.3) is 0 Å². The topological polar surface area (TPSA) is 0 Å². The first kappa shape index (κ1) is 12.1. The van der Waals surface area contributed by atoms with Gasteiger partial charge in [0.15, 0.2) is 0 Å². The molecule has 0 radical (unpaired) electrons. The lowest BCUT2D eigenvalue weighted by atomic mass is 9.89. The van der Waals surface area contributed by atoms with E-state index in [0.29, 0.717) is 0 Å². The van der Waals surface area contributed by atoms with Crippen LogP contribution in [-0.4, -0.2) is 0 Å². The molecule has 1 aliphatic rings. The summed E-state index contributed by atoms with van der Waals surface area (Å²) in [5.41, 5.74) is 0. The highest BCUT2D eigenvalue weighted by Crippen LogP contribution is 2.46. The van der Waals surface area contributed by atoms with E-state index in [4.69, 9.17) is 0 Å². The zero-order chi connectivity index (χ0) is 10.6. The Morgan fingerprint density at radius 1 is 1.00 bits per heavy atom. The van der Waals surface area contributed by atoms with Gasteiger partial charge in [-0.15, -0.1) is 0 Å². The van der Waals surface area contributed by atoms with Gasteiger partial charge >= 0.3 is 0 Å². The van der Waals surface area contributed by atoms with Gasteiger partial charge in [0.25, 0.3) is 0 Å². The van der Waals surface area contributed by atoms with Crippen LogP contribution in [0.3, 0.4) is 0 Å². The van der Waals surface area contributed by atoms with Crippen molar-refractivity contribution in [3.63, 3.8) is 0 Å². The second-order valence-electron chi connectivity index (χ2n) is 5.48. The van der Waals surface area contributed by atoms with E-state index in [-0.39, 0.29) is 0 Å². The predicted octanol–water partition coefficient (Wildman–Crippen LogP) is 4.89. The summed E-state index contributed by atoms with van der Waals surface area (Å²) in [4.78, 5) is 0. The maximum atomic E-state index is 2.44. The lowest BCUT2D eigenvalue weighted by Crippen LogP contribution is -2.07. The van der Waals surface area contributed by atoms with Crippen molar-refractivity contribution in [1.82, 2.24) is 0 Å². The molecule has 1 saturated carbocycles. The van der Waals surface area contributed by atoms with Crippen LogP contribution in [0.15, 0.2) is 0 Å². The minimum Gasteiger partial charge on any atom is -0.0654 e. The first-order chi connectivity index (χ1) is 6.69. The van der Waals surface area contributed by atoms with E-state index >= 15 is 0 Å². The number of hydrogen-bond acceptors (Lipinski definition) is 0. The Bertz CT molecular complexity index is 150. The smallest absolute Gasteiger partial charge is 0.0383 e. The molecule has 0 aromatic rings. The molecule has 1 aliphatic carbocycles. The van der Waals surface area contributed by atoms with Crippen LogP contribution in [0.1, 0.15) is 66.2 Å². The molecule has 0 heteroatoms. The van der Waals surface area contributed by atoms with Crippen LogP contribution in [0.2, 0.25) is 0 Å². The minimum atomic E-state index is 0.929. The van der Waals surface area contributed by atoms with Crippen molar-refractivity contribution >= 4 is 0 Å². The molecule has 4 atom stereocenters. The third-order valence-electron chi connectivity index (χ3n) is 4.34. The van der Waals surface area contributed by atoms with Crippen molar-refractivity contribution in [2.24, 2.45) is 23.7 Å². The van der Waals surface area contributed by atoms with E-state index in [1.807, 2.05) is 0 Å². The summed E-state index contributed by atoms with van der Waals surface area (Å²) in [5.74, 6) is 4.10. The summed E-state index contributed by atoms with van der Waals surface area (Å²) in [6, 6.07) is 0.